The molecule has 2 N–H and O–H groups in total. The molecule has 8 nitrogen and oxygen atoms in total. The van der Waals surface area contributed by atoms with E-state index in [4.69, 9.17) is 18.6 Å². The van der Waals surface area contributed by atoms with Crippen molar-refractivity contribution < 1.29 is 28.5 Å². The van der Waals surface area contributed by atoms with Gasteiger partial charge in [-0.05, 0) is 45.0 Å². The van der Waals surface area contributed by atoms with Gasteiger partial charge >= 0.3 is 5.63 Å². The average Bonchev–Trinajstić information content (AvgIpc) is 2.73. The summed E-state index contributed by atoms with van der Waals surface area (Å²) in [5.74, 6) is 0.0651. The van der Waals surface area contributed by atoms with Gasteiger partial charge in [0.1, 0.15) is 5.58 Å². The molecule has 0 radical (unpaired) electrons. The number of benzene rings is 2. The van der Waals surface area contributed by atoms with Crippen molar-refractivity contribution in [1.82, 2.24) is 0 Å². The van der Waals surface area contributed by atoms with Crippen LogP contribution in [-0.4, -0.2) is 30.8 Å². The highest BCUT2D eigenvalue weighted by Crippen LogP contribution is 2.39. The van der Waals surface area contributed by atoms with Crippen molar-refractivity contribution in [3.8, 4) is 23.0 Å². The number of fused-ring (bicyclic) bond motifs is 1. The summed E-state index contributed by atoms with van der Waals surface area (Å²) in [4.78, 5) is 25.2. The number of hydrogen-bond acceptors (Lipinski definition) is 7. The Kier molecular flexibility index (Phi) is 6.46. The molecule has 0 unspecified atom stereocenters. The lowest BCUT2D eigenvalue weighted by Gasteiger charge is -2.17. The van der Waals surface area contributed by atoms with E-state index in [1.807, 2.05) is 6.92 Å². The maximum Gasteiger partial charge on any atom is 0.364 e. The Balaban J connectivity index is 2.03. The number of rotatable bonds is 8. The molecular formula is C22H23NO7. The van der Waals surface area contributed by atoms with Crippen LogP contribution in [0.5, 0.6) is 23.0 Å². The third-order valence-corrected chi connectivity index (χ3v) is 4.20. The van der Waals surface area contributed by atoms with Gasteiger partial charge in [-0.2, -0.15) is 0 Å². The molecule has 0 aliphatic rings. The van der Waals surface area contributed by atoms with Crippen molar-refractivity contribution in [2.75, 3.05) is 25.1 Å². The van der Waals surface area contributed by atoms with Gasteiger partial charge in [0, 0.05) is 5.56 Å². The molecule has 0 saturated heterocycles. The number of amides is 1. The molecule has 3 aromatic rings. The SMILES string of the molecule is CCOc1cc(C(=O)Nc2c(O)c3ccccc3oc2=O)cc(OCC)c1OCC. The third-order valence-electron chi connectivity index (χ3n) is 4.20. The van der Waals surface area contributed by atoms with Crippen molar-refractivity contribution in [3.63, 3.8) is 0 Å². The van der Waals surface area contributed by atoms with Crippen LogP contribution in [-0.2, 0) is 0 Å². The van der Waals surface area contributed by atoms with E-state index in [2.05, 4.69) is 5.32 Å². The van der Waals surface area contributed by atoms with E-state index in [-0.39, 0.29) is 22.6 Å². The number of nitrogens with one attached hydrogen (secondary N) is 1. The number of aromatic hydroxyl groups is 1. The number of ether oxygens (including phenoxy) is 3. The van der Waals surface area contributed by atoms with Gasteiger partial charge in [0.05, 0.1) is 25.2 Å². The molecule has 30 heavy (non-hydrogen) atoms. The number of carbonyl (C=O) groups excluding carboxylic acids is 1. The normalized spacial score (nSPS) is 10.6. The summed E-state index contributed by atoms with van der Waals surface area (Å²) in [6.07, 6.45) is 0. The van der Waals surface area contributed by atoms with Crippen molar-refractivity contribution >= 4 is 22.6 Å². The molecule has 3 rings (SSSR count). The van der Waals surface area contributed by atoms with E-state index < -0.39 is 11.5 Å². The summed E-state index contributed by atoms with van der Waals surface area (Å²) in [6, 6.07) is 9.48. The van der Waals surface area contributed by atoms with Gasteiger partial charge in [-0.25, -0.2) is 4.79 Å². The van der Waals surface area contributed by atoms with E-state index in [0.717, 1.165) is 0 Å². The van der Waals surface area contributed by atoms with E-state index in [0.29, 0.717) is 42.5 Å². The summed E-state index contributed by atoms with van der Waals surface area (Å²) in [5.41, 5.74) is -0.822. The van der Waals surface area contributed by atoms with Crippen molar-refractivity contribution in [1.29, 1.82) is 0 Å². The summed E-state index contributed by atoms with van der Waals surface area (Å²) < 4.78 is 22.0. The van der Waals surface area contributed by atoms with E-state index in [1.165, 1.54) is 12.1 Å². The molecule has 0 spiro atoms. The molecule has 158 valence electrons. The Morgan fingerprint density at radius 1 is 1.00 bits per heavy atom. The van der Waals surface area contributed by atoms with Gasteiger partial charge in [-0.1, -0.05) is 12.1 Å². The van der Waals surface area contributed by atoms with Crippen molar-refractivity contribution in [2.45, 2.75) is 20.8 Å². The molecule has 2 aromatic carbocycles. The lowest BCUT2D eigenvalue weighted by atomic mass is 10.1. The van der Waals surface area contributed by atoms with Crippen LogP contribution in [0.15, 0.2) is 45.6 Å². The predicted molar refractivity (Wildman–Crippen MR) is 112 cm³/mol. The highest BCUT2D eigenvalue weighted by atomic mass is 16.5. The van der Waals surface area contributed by atoms with Gasteiger partial charge < -0.3 is 29.1 Å². The fourth-order valence-corrected chi connectivity index (χ4v) is 2.95. The molecule has 8 heteroatoms. The van der Waals surface area contributed by atoms with Crippen LogP contribution < -0.4 is 25.2 Å². The Morgan fingerprint density at radius 3 is 2.20 bits per heavy atom. The third kappa shape index (κ3) is 4.17. The number of para-hydroxylation sites is 1. The van der Waals surface area contributed by atoms with Crippen LogP contribution in [0.1, 0.15) is 31.1 Å². The van der Waals surface area contributed by atoms with Crippen LogP contribution in [0.25, 0.3) is 11.0 Å². The van der Waals surface area contributed by atoms with Gasteiger partial charge in [-0.15, -0.1) is 0 Å². The minimum absolute atomic E-state index is 0.164. The summed E-state index contributed by atoms with van der Waals surface area (Å²) in [5, 5.41) is 13.2. The Morgan fingerprint density at radius 2 is 1.60 bits per heavy atom. The van der Waals surface area contributed by atoms with E-state index >= 15 is 0 Å². The molecule has 1 heterocycles. The van der Waals surface area contributed by atoms with E-state index in [9.17, 15) is 14.7 Å². The summed E-state index contributed by atoms with van der Waals surface area (Å²) in [6.45, 7) is 6.53. The van der Waals surface area contributed by atoms with Gasteiger partial charge in [0.2, 0.25) is 5.75 Å². The molecule has 1 amide bonds. The first kappa shape index (κ1) is 21.0. The largest absolute Gasteiger partial charge is 0.505 e. The Bertz CT molecular complexity index is 1090. The minimum Gasteiger partial charge on any atom is -0.505 e. The first-order valence-corrected chi connectivity index (χ1v) is 9.62. The Hall–Kier alpha value is -3.68. The van der Waals surface area contributed by atoms with Gasteiger partial charge in [0.15, 0.2) is 22.9 Å². The summed E-state index contributed by atoms with van der Waals surface area (Å²) >= 11 is 0. The fourth-order valence-electron chi connectivity index (χ4n) is 2.95. The lowest BCUT2D eigenvalue weighted by Crippen LogP contribution is -2.18. The molecule has 0 saturated carbocycles. The highest BCUT2D eigenvalue weighted by Gasteiger charge is 2.21. The van der Waals surface area contributed by atoms with Crippen LogP contribution in [0.4, 0.5) is 5.69 Å². The summed E-state index contributed by atoms with van der Waals surface area (Å²) in [7, 11) is 0. The maximum atomic E-state index is 12.9. The number of carbonyl (C=O) groups is 1. The van der Waals surface area contributed by atoms with Crippen molar-refractivity contribution in [3.05, 3.63) is 52.4 Å². The zero-order valence-corrected chi connectivity index (χ0v) is 17.0. The van der Waals surface area contributed by atoms with Crippen LogP contribution in [0, 0.1) is 0 Å². The molecular weight excluding hydrogens is 390 g/mol. The first-order chi connectivity index (χ1) is 14.5. The first-order valence-electron chi connectivity index (χ1n) is 9.62. The van der Waals surface area contributed by atoms with Gasteiger partial charge in [-0.3, -0.25) is 4.79 Å². The molecule has 0 fully saturated rings. The molecule has 0 bridgehead atoms. The maximum absolute atomic E-state index is 12.9. The second-order valence-electron chi connectivity index (χ2n) is 6.16. The van der Waals surface area contributed by atoms with Crippen LogP contribution in [0.2, 0.25) is 0 Å². The average molecular weight is 413 g/mol. The van der Waals surface area contributed by atoms with Gasteiger partial charge in [0.25, 0.3) is 5.91 Å². The standard InChI is InChI=1S/C22H23NO7/c1-4-27-16-11-13(12-17(28-5-2)20(16)29-6-3)21(25)23-18-19(24)14-9-7-8-10-15(14)30-22(18)26/h7-12,24H,4-6H2,1-3H3,(H,23,25). The molecule has 0 aliphatic carbocycles. The quantitative estimate of drug-likeness (QED) is 0.539. The Labute approximate surface area is 173 Å². The van der Waals surface area contributed by atoms with E-state index in [1.54, 1.807) is 38.1 Å². The second kappa shape index (κ2) is 9.21. The predicted octanol–water partition coefficient (Wildman–Crippen LogP) is 3.95. The lowest BCUT2D eigenvalue weighted by molar-refractivity contribution is 0.102. The van der Waals surface area contributed by atoms with Crippen LogP contribution in [0.3, 0.4) is 0 Å². The van der Waals surface area contributed by atoms with Crippen molar-refractivity contribution in [2.24, 2.45) is 0 Å². The number of anilines is 1. The fraction of sp³-hybridized carbons (Fsp3) is 0.273. The minimum atomic E-state index is -0.861. The highest BCUT2D eigenvalue weighted by molar-refractivity contribution is 6.07. The number of hydrogen-bond donors (Lipinski definition) is 2. The smallest absolute Gasteiger partial charge is 0.364 e. The second-order valence-corrected chi connectivity index (χ2v) is 6.16. The monoisotopic (exact) mass is 413 g/mol. The zero-order chi connectivity index (χ0) is 21.7. The molecule has 1 aromatic heterocycles. The topological polar surface area (TPSA) is 107 Å². The zero-order valence-electron chi connectivity index (χ0n) is 17.0. The van der Waals surface area contributed by atoms with Crippen LogP contribution >= 0.6 is 0 Å². The molecule has 0 aliphatic heterocycles. The molecule has 0 atom stereocenters.